The van der Waals surface area contributed by atoms with Crippen LogP contribution >= 0.6 is 15.9 Å². The molecule has 0 fully saturated rings. The first-order chi connectivity index (χ1) is 9.15. The Bertz CT molecular complexity index is 543. The van der Waals surface area contributed by atoms with Gasteiger partial charge in [0.05, 0.1) is 12.2 Å². The van der Waals surface area contributed by atoms with E-state index in [4.69, 9.17) is 4.74 Å². The summed E-state index contributed by atoms with van der Waals surface area (Å²) in [5.74, 6) is 0.481. The number of rotatable bonds is 5. The molecule has 0 aliphatic heterocycles. The van der Waals surface area contributed by atoms with Gasteiger partial charge in [0.25, 0.3) is 5.91 Å². The van der Waals surface area contributed by atoms with Gasteiger partial charge in [0, 0.05) is 16.2 Å². The summed E-state index contributed by atoms with van der Waals surface area (Å²) in [6.07, 6.45) is 3.43. The highest BCUT2D eigenvalue weighted by Gasteiger charge is 2.10. The Balaban J connectivity index is 1.82. The minimum absolute atomic E-state index is 0.0152. The molecule has 1 aromatic carbocycles. The van der Waals surface area contributed by atoms with Crippen LogP contribution in [0.5, 0.6) is 5.75 Å². The summed E-state index contributed by atoms with van der Waals surface area (Å²) < 4.78 is 6.32. The molecule has 5 nitrogen and oxygen atoms in total. The van der Waals surface area contributed by atoms with Crippen molar-refractivity contribution >= 4 is 21.8 Å². The highest BCUT2D eigenvalue weighted by Crippen LogP contribution is 2.17. The summed E-state index contributed by atoms with van der Waals surface area (Å²) in [4.78, 5) is 11.7. The van der Waals surface area contributed by atoms with Gasteiger partial charge in [0.2, 0.25) is 0 Å². The summed E-state index contributed by atoms with van der Waals surface area (Å²) in [6.45, 7) is 1.88. The van der Waals surface area contributed by atoms with Crippen molar-refractivity contribution in [2.75, 3.05) is 6.61 Å². The molecule has 100 valence electrons. The number of amides is 1. The smallest absolute Gasteiger partial charge is 0.258 e. The molecule has 2 aromatic rings. The van der Waals surface area contributed by atoms with Gasteiger partial charge in [0.1, 0.15) is 5.75 Å². The zero-order chi connectivity index (χ0) is 13.7. The normalized spacial score (nSPS) is 11.9. The second-order valence-corrected chi connectivity index (χ2v) is 4.98. The first kappa shape index (κ1) is 13.6. The van der Waals surface area contributed by atoms with Crippen molar-refractivity contribution in [1.29, 1.82) is 0 Å². The van der Waals surface area contributed by atoms with Crippen molar-refractivity contribution < 1.29 is 9.53 Å². The largest absolute Gasteiger partial charge is 0.484 e. The molecule has 0 bridgehead atoms. The topological polar surface area (TPSA) is 67.0 Å². The summed E-state index contributed by atoms with van der Waals surface area (Å²) in [7, 11) is 0. The molecule has 19 heavy (non-hydrogen) atoms. The molecule has 1 atom stereocenters. The van der Waals surface area contributed by atoms with Crippen molar-refractivity contribution in [3.05, 3.63) is 46.7 Å². The van der Waals surface area contributed by atoms with Gasteiger partial charge in [-0.05, 0) is 25.1 Å². The zero-order valence-electron chi connectivity index (χ0n) is 10.4. The first-order valence-electron chi connectivity index (χ1n) is 5.81. The Morgan fingerprint density at radius 2 is 2.42 bits per heavy atom. The molecule has 0 spiro atoms. The third-order valence-electron chi connectivity index (χ3n) is 2.56. The van der Waals surface area contributed by atoms with Crippen molar-refractivity contribution in [2.45, 2.75) is 13.0 Å². The van der Waals surface area contributed by atoms with Crippen LogP contribution in [0.25, 0.3) is 0 Å². The molecule has 1 heterocycles. The van der Waals surface area contributed by atoms with Gasteiger partial charge in [-0.3, -0.25) is 9.89 Å². The maximum atomic E-state index is 11.7. The van der Waals surface area contributed by atoms with E-state index in [1.807, 2.05) is 25.1 Å². The van der Waals surface area contributed by atoms with Crippen LogP contribution in [0, 0.1) is 0 Å². The molecular weight excluding hydrogens is 310 g/mol. The van der Waals surface area contributed by atoms with Crippen LogP contribution < -0.4 is 10.1 Å². The highest BCUT2D eigenvalue weighted by molar-refractivity contribution is 9.10. The molecule has 0 saturated carbocycles. The molecule has 1 amide bonds. The molecule has 0 saturated heterocycles. The second-order valence-electron chi connectivity index (χ2n) is 4.07. The van der Waals surface area contributed by atoms with Gasteiger partial charge in [0.15, 0.2) is 6.61 Å². The van der Waals surface area contributed by atoms with Crippen LogP contribution in [0.4, 0.5) is 0 Å². The van der Waals surface area contributed by atoms with Gasteiger partial charge in [-0.25, -0.2) is 0 Å². The Morgan fingerprint density at radius 1 is 1.58 bits per heavy atom. The summed E-state index contributed by atoms with van der Waals surface area (Å²) in [5, 5.41) is 9.38. The van der Waals surface area contributed by atoms with Crippen molar-refractivity contribution in [3.8, 4) is 5.75 Å². The van der Waals surface area contributed by atoms with E-state index in [1.165, 1.54) is 0 Å². The standard InChI is InChI=1S/C13H14BrN3O2/c1-9(10-6-15-16-7-10)17-13(18)8-19-12-4-2-3-11(14)5-12/h2-7,9H,8H2,1H3,(H,15,16)(H,17,18). The quantitative estimate of drug-likeness (QED) is 0.888. The minimum atomic E-state index is -0.173. The summed E-state index contributed by atoms with van der Waals surface area (Å²) in [6, 6.07) is 7.27. The van der Waals surface area contributed by atoms with Gasteiger partial charge in [-0.1, -0.05) is 22.0 Å². The number of carbonyl (C=O) groups is 1. The number of benzene rings is 1. The molecule has 2 rings (SSSR count). The van der Waals surface area contributed by atoms with E-state index >= 15 is 0 Å². The number of H-pyrrole nitrogens is 1. The van der Waals surface area contributed by atoms with Crippen molar-refractivity contribution in [2.24, 2.45) is 0 Å². The Morgan fingerprint density at radius 3 is 3.11 bits per heavy atom. The van der Waals surface area contributed by atoms with Crippen molar-refractivity contribution in [1.82, 2.24) is 15.5 Å². The molecule has 2 N–H and O–H groups in total. The fourth-order valence-corrected chi connectivity index (χ4v) is 1.95. The van der Waals surface area contributed by atoms with E-state index in [0.29, 0.717) is 5.75 Å². The molecule has 0 radical (unpaired) electrons. The maximum absolute atomic E-state index is 11.7. The first-order valence-corrected chi connectivity index (χ1v) is 6.61. The third-order valence-corrected chi connectivity index (χ3v) is 3.06. The van der Waals surface area contributed by atoms with E-state index in [0.717, 1.165) is 10.0 Å². The van der Waals surface area contributed by atoms with Gasteiger partial charge in [-0.2, -0.15) is 5.10 Å². The average Bonchev–Trinajstić information content (AvgIpc) is 2.90. The number of hydrogen-bond acceptors (Lipinski definition) is 3. The van der Waals surface area contributed by atoms with Crippen LogP contribution in [-0.4, -0.2) is 22.7 Å². The Hall–Kier alpha value is -1.82. The molecule has 1 aromatic heterocycles. The number of hydrogen-bond donors (Lipinski definition) is 2. The lowest BCUT2D eigenvalue weighted by atomic mass is 10.2. The van der Waals surface area contributed by atoms with E-state index in [1.54, 1.807) is 18.5 Å². The van der Waals surface area contributed by atoms with Crippen LogP contribution in [0.3, 0.4) is 0 Å². The number of aromatic amines is 1. The molecule has 6 heteroatoms. The predicted molar refractivity (Wildman–Crippen MR) is 74.8 cm³/mol. The van der Waals surface area contributed by atoms with Crippen LogP contribution in [0.1, 0.15) is 18.5 Å². The number of nitrogens with zero attached hydrogens (tertiary/aromatic N) is 1. The van der Waals surface area contributed by atoms with Crippen molar-refractivity contribution in [3.63, 3.8) is 0 Å². The monoisotopic (exact) mass is 323 g/mol. The zero-order valence-corrected chi connectivity index (χ0v) is 12.0. The van der Waals surface area contributed by atoms with Gasteiger partial charge >= 0.3 is 0 Å². The Kier molecular flexibility index (Phi) is 4.57. The van der Waals surface area contributed by atoms with Crippen LogP contribution in [-0.2, 0) is 4.79 Å². The summed E-state index contributed by atoms with van der Waals surface area (Å²) in [5.41, 5.74) is 0.927. The fourth-order valence-electron chi connectivity index (χ4n) is 1.57. The van der Waals surface area contributed by atoms with Crippen LogP contribution in [0.15, 0.2) is 41.1 Å². The highest BCUT2D eigenvalue weighted by atomic mass is 79.9. The number of aromatic nitrogens is 2. The second kappa shape index (κ2) is 6.38. The Labute approximate surface area is 119 Å². The average molecular weight is 324 g/mol. The third kappa shape index (κ3) is 4.10. The predicted octanol–water partition coefficient (Wildman–Crippen LogP) is 2.43. The number of carbonyl (C=O) groups excluding carboxylic acids is 1. The van der Waals surface area contributed by atoms with E-state index in [2.05, 4.69) is 31.4 Å². The molecule has 0 aliphatic carbocycles. The number of nitrogens with one attached hydrogen (secondary N) is 2. The lowest BCUT2D eigenvalue weighted by Gasteiger charge is -2.12. The van der Waals surface area contributed by atoms with Gasteiger partial charge < -0.3 is 10.1 Å². The van der Waals surface area contributed by atoms with E-state index < -0.39 is 0 Å². The minimum Gasteiger partial charge on any atom is -0.484 e. The SMILES string of the molecule is CC(NC(=O)COc1cccc(Br)c1)c1cn[nH]c1. The molecular formula is C13H14BrN3O2. The molecule has 0 aliphatic rings. The number of ether oxygens (including phenoxy) is 1. The number of halogens is 1. The summed E-state index contributed by atoms with van der Waals surface area (Å²) >= 11 is 3.34. The molecule has 1 unspecified atom stereocenters. The van der Waals surface area contributed by atoms with E-state index in [9.17, 15) is 4.79 Å². The van der Waals surface area contributed by atoms with Gasteiger partial charge in [-0.15, -0.1) is 0 Å². The van der Waals surface area contributed by atoms with Crippen LogP contribution in [0.2, 0.25) is 0 Å². The fraction of sp³-hybridized carbons (Fsp3) is 0.231. The van der Waals surface area contributed by atoms with E-state index in [-0.39, 0.29) is 18.6 Å². The maximum Gasteiger partial charge on any atom is 0.258 e. The lowest BCUT2D eigenvalue weighted by molar-refractivity contribution is -0.123. The lowest BCUT2D eigenvalue weighted by Crippen LogP contribution is -2.31.